The second-order valence-corrected chi connectivity index (χ2v) is 12.8. The van der Waals surface area contributed by atoms with Gasteiger partial charge in [0.2, 0.25) is 5.91 Å². The van der Waals surface area contributed by atoms with E-state index in [4.69, 9.17) is 9.47 Å². The summed E-state index contributed by atoms with van der Waals surface area (Å²) in [6, 6.07) is 44.7. The van der Waals surface area contributed by atoms with Gasteiger partial charge in [-0.05, 0) is 66.3 Å². The molecule has 1 fully saturated rings. The Bertz CT molecular complexity index is 1760. The Morgan fingerprint density at radius 1 is 0.688 bits per heavy atom. The molecular formula is C42H43N3O3. The quantitative estimate of drug-likeness (QED) is 0.160. The first-order chi connectivity index (χ1) is 23.6. The lowest BCUT2D eigenvalue weighted by molar-refractivity contribution is -0.127. The highest BCUT2D eigenvalue weighted by atomic mass is 16.5. The molecule has 1 heterocycles. The maximum atomic E-state index is 16.2. The third kappa shape index (κ3) is 5.87. The molecule has 0 bridgehead atoms. The Morgan fingerprint density at radius 2 is 1.23 bits per heavy atom. The number of ether oxygens (including phenoxy) is 2. The SMILES string of the molecule is COc1ccc(C2(C(C(=O)N(c3ccccc3)C(c3ccccc3)c3ccccc3)C3CCCCC3)Nc3ccccc3N2)c(OC)c1. The van der Waals surface area contributed by atoms with Crippen LogP contribution in [0.25, 0.3) is 0 Å². The smallest absolute Gasteiger partial charge is 0.235 e. The van der Waals surface area contributed by atoms with Crippen LogP contribution in [-0.4, -0.2) is 20.1 Å². The molecule has 0 spiro atoms. The number of carbonyl (C=O) groups excluding carboxylic acids is 1. The lowest BCUT2D eigenvalue weighted by Crippen LogP contribution is -2.57. The fourth-order valence-corrected chi connectivity index (χ4v) is 7.85. The summed E-state index contributed by atoms with van der Waals surface area (Å²) in [5.41, 5.74) is 4.73. The highest BCUT2D eigenvalue weighted by Crippen LogP contribution is 2.52. The zero-order chi connectivity index (χ0) is 32.9. The third-order valence-corrected chi connectivity index (χ3v) is 10.0. The average molecular weight is 638 g/mol. The summed E-state index contributed by atoms with van der Waals surface area (Å²) in [6.07, 6.45) is 5.27. The normalized spacial score (nSPS) is 15.9. The molecule has 0 saturated heterocycles. The van der Waals surface area contributed by atoms with Gasteiger partial charge in [0, 0.05) is 17.3 Å². The number of benzene rings is 5. The Balaban J connectivity index is 1.48. The van der Waals surface area contributed by atoms with E-state index in [9.17, 15) is 0 Å². The van der Waals surface area contributed by atoms with Gasteiger partial charge in [0.05, 0.1) is 37.6 Å². The lowest BCUT2D eigenvalue weighted by Gasteiger charge is -2.46. The van der Waals surface area contributed by atoms with Gasteiger partial charge in [0.1, 0.15) is 11.5 Å². The molecule has 2 N–H and O–H groups in total. The topological polar surface area (TPSA) is 62.8 Å². The Kier molecular flexibility index (Phi) is 9.06. The summed E-state index contributed by atoms with van der Waals surface area (Å²) in [5.74, 6) is 0.996. The highest BCUT2D eigenvalue weighted by molar-refractivity contribution is 5.99. The standard InChI is InChI=1S/C42H43N3O3/c1-47-34-27-28-35(38(29-34)48-2)42(43-36-25-15-16-26-37(36)44-42)39(30-17-7-3-8-18-30)41(46)45(33-23-13-6-14-24-33)40(31-19-9-4-10-20-31)32-21-11-5-12-22-32/h4-6,9-16,19-30,39-40,43-44H,3,7-8,17-18H2,1-2H3. The lowest BCUT2D eigenvalue weighted by atomic mass is 9.70. The van der Waals surface area contributed by atoms with Crippen molar-refractivity contribution in [3.8, 4) is 11.5 Å². The van der Waals surface area contributed by atoms with E-state index in [0.29, 0.717) is 11.5 Å². The molecular weight excluding hydrogens is 594 g/mol. The maximum absolute atomic E-state index is 16.2. The summed E-state index contributed by atoms with van der Waals surface area (Å²) in [4.78, 5) is 18.2. The molecule has 48 heavy (non-hydrogen) atoms. The summed E-state index contributed by atoms with van der Waals surface area (Å²) in [5, 5.41) is 7.80. The van der Waals surface area contributed by atoms with Gasteiger partial charge in [0.15, 0.2) is 5.66 Å². The molecule has 2 aliphatic rings. The number of rotatable bonds is 10. The number of amides is 1. The summed E-state index contributed by atoms with van der Waals surface area (Å²) >= 11 is 0. The van der Waals surface area contributed by atoms with Crippen LogP contribution in [0.1, 0.15) is 54.8 Å². The molecule has 5 aromatic rings. The highest BCUT2D eigenvalue weighted by Gasteiger charge is 2.55. The summed E-state index contributed by atoms with van der Waals surface area (Å²) in [6.45, 7) is 0. The molecule has 1 saturated carbocycles. The third-order valence-electron chi connectivity index (χ3n) is 10.0. The minimum absolute atomic E-state index is 0.0523. The monoisotopic (exact) mass is 637 g/mol. The average Bonchev–Trinajstić information content (AvgIpc) is 3.55. The van der Waals surface area contributed by atoms with Crippen LogP contribution in [-0.2, 0) is 10.5 Å². The molecule has 1 atom stereocenters. The van der Waals surface area contributed by atoms with Crippen molar-refractivity contribution in [3.63, 3.8) is 0 Å². The van der Waals surface area contributed by atoms with E-state index in [-0.39, 0.29) is 17.9 Å². The zero-order valence-electron chi connectivity index (χ0n) is 27.6. The van der Waals surface area contributed by atoms with Gasteiger partial charge in [-0.1, -0.05) is 110 Å². The predicted octanol–water partition coefficient (Wildman–Crippen LogP) is 9.41. The van der Waals surface area contributed by atoms with E-state index >= 15 is 4.79 Å². The number of para-hydroxylation sites is 3. The largest absolute Gasteiger partial charge is 0.497 e. The molecule has 1 amide bonds. The van der Waals surface area contributed by atoms with E-state index < -0.39 is 11.6 Å². The summed E-state index contributed by atoms with van der Waals surface area (Å²) in [7, 11) is 3.34. The van der Waals surface area contributed by atoms with Gasteiger partial charge >= 0.3 is 0 Å². The van der Waals surface area contributed by atoms with Crippen molar-refractivity contribution >= 4 is 23.0 Å². The van der Waals surface area contributed by atoms with Crippen molar-refractivity contribution in [2.75, 3.05) is 29.8 Å². The van der Waals surface area contributed by atoms with E-state index in [0.717, 1.165) is 59.4 Å². The maximum Gasteiger partial charge on any atom is 0.235 e. The van der Waals surface area contributed by atoms with Gasteiger partial charge in [-0.2, -0.15) is 0 Å². The fourth-order valence-electron chi connectivity index (χ4n) is 7.85. The molecule has 1 aliphatic carbocycles. The van der Waals surface area contributed by atoms with Gasteiger partial charge in [-0.15, -0.1) is 0 Å². The van der Waals surface area contributed by atoms with Crippen LogP contribution in [0.2, 0.25) is 0 Å². The first kappa shape index (κ1) is 31.4. The van der Waals surface area contributed by atoms with Crippen LogP contribution in [0.4, 0.5) is 17.1 Å². The first-order valence-corrected chi connectivity index (χ1v) is 17.0. The Labute approximate surface area is 283 Å². The van der Waals surface area contributed by atoms with Crippen LogP contribution in [0.3, 0.4) is 0 Å². The number of fused-ring (bicyclic) bond motifs is 1. The predicted molar refractivity (Wildman–Crippen MR) is 194 cm³/mol. The molecule has 7 rings (SSSR count). The van der Waals surface area contributed by atoms with Crippen molar-refractivity contribution in [2.45, 2.75) is 43.8 Å². The van der Waals surface area contributed by atoms with E-state index in [1.165, 1.54) is 6.42 Å². The van der Waals surface area contributed by atoms with Crippen LogP contribution in [0, 0.1) is 11.8 Å². The minimum Gasteiger partial charge on any atom is -0.497 e. The van der Waals surface area contributed by atoms with Crippen LogP contribution in [0.5, 0.6) is 11.5 Å². The van der Waals surface area contributed by atoms with Crippen molar-refractivity contribution in [2.24, 2.45) is 11.8 Å². The van der Waals surface area contributed by atoms with E-state index in [1.54, 1.807) is 14.2 Å². The van der Waals surface area contributed by atoms with E-state index in [2.05, 4.69) is 83.4 Å². The first-order valence-electron chi connectivity index (χ1n) is 17.0. The molecule has 1 aliphatic heterocycles. The minimum atomic E-state index is -1.01. The van der Waals surface area contributed by atoms with Crippen molar-refractivity contribution in [3.05, 3.63) is 150 Å². The molecule has 0 radical (unpaired) electrons. The van der Waals surface area contributed by atoms with Crippen molar-refractivity contribution in [1.29, 1.82) is 0 Å². The van der Waals surface area contributed by atoms with E-state index in [1.807, 2.05) is 65.6 Å². The summed E-state index contributed by atoms with van der Waals surface area (Å²) < 4.78 is 11.7. The molecule has 6 nitrogen and oxygen atoms in total. The second kappa shape index (κ2) is 13.9. The number of hydrogen-bond acceptors (Lipinski definition) is 5. The second-order valence-electron chi connectivity index (χ2n) is 12.8. The number of methoxy groups -OCH3 is 2. The van der Waals surface area contributed by atoms with Crippen LogP contribution in [0.15, 0.2) is 133 Å². The zero-order valence-corrected chi connectivity index (χ0v) is 27.6. The molecule has 0 aromatic heterocycles. The molecule has 6 heteroatoms. The number of anilines is 3. The van der Waals surface area contributed by atoms with Gasteiger partial charge in [-0.3, -0.25) is 4.79 Å². The number of hydrogen-bond donors (Lipinski definition) is 2. The number of carbonyl (C=O) groups is 1. The molecule has 1 unspecified atom stereocenters. The van der Waals surface area contributed by atoms with Gasteiger partial charge in [0.25, 0.3) is 0 Å². The Morgan fingerprint density at radius 3 is 1.77 bits per heavy atom. The van der Waals surface area contributed by atoms with Crippen LogP contribution >= 0.6 is 0 Å². The molecule has 5 aromatic carbocycles. The van der Waals surface area contributed by atoms with Crippen molar-refractivity contribution in [1.82, 2.24) is 0 Å². The van der Waals surface area contributed by atoms with Gasteiger partial charge in [-0.25, -0.2) is 0 Å². The van der Waals surface area contributed by atoms with Gasteiger partial charge < -0.3 is 25.0 Å². The Hall–Kier alpha value is -5.23. The fraction of sp³-hybridized carbons (Fsp3) is 0.262. The molecule has 244 valence electrons. The van der Waals surface area contributed by atoms with Crippen molar-refractivity contribution < 1.29 is 14.3 Å². The number of nitrogens with one attached hydrogen (secondary N) is 2. The van der Waals surface area contributed by atoms with Crippen LogP contribution < -0.4 is 25.0 Å². The number of nitrogens with zero attached hydrogens (tertiary/aromatic N) is 1.